The highest BCUT2D eigenvalue weighted by Crippen LogP contribution is 2.40. The normalized spacial score (nSPS) is 12.1. The van der Waals surface area contributed by atoms with Crippen LogP contribution in [0, 0.1) is 0 Å². The molecule has 0 saturated carbocycles. The van der Waals surface area contributed by atoms with Gasteiger partial charge in [0.25, 0.3) is 5.91 Å². The number of anilines is 1. The monoisotopic (exact) mass is 368 g/mol. The van der Waals surface area contributed by atoms with Crippen molar-refractivity contribution in [3.63, 3.8) is 0 Å². The van der Waals surface area contributed by atoms with E-state index in [0.717, 1.165) is 24.2 Å². The number of carbonyl (C=O) groups excluding carboxylic acids is 1. The van der Waals surface area contributed by atoms with Crippen molar-refractivity contribution in [2.45, 2.75) is 65.2 Å². The number of ether oxygens (including phenoxy) is 1. The van der Waals surface area contributed by atoms with Crippen LogP contribution in [0.25, 0.3) is 0 Å². The Kier molecular flexibility index (Phi) is 5.88. The molecule has 0 heterocycles. The smallest absolute Gasteiger partial charge is 0.252 e. The Morgan fingerprint density at radius 3 is 2.07 bits per heavy atom. The zero-order chi connectivity index (χ0) is 20.4. The number of nitrogens with two attached hydrogens (primary N) is 2. The molecular formula is C23H32N2O2. The van der Waals surface area contributed by atoms with Gasteiger partial charge >= 0.3 is 0 Å². The first-order valence-corrected chi connectivity index (χ1v) is 9.54. The summed E-state index contributed by atoms with van der Waals surface area (Å²) in [7, 11) is 0. The van der Waals surface area contributed by atoms with Crippen molar-refractivity contribution < 1.29 is 9.53 Å². The molecule has 2 rings (SSSR count). The molecule has 0 bridgehead atoms. The fourth-order valence-corrected chi connectivity index (χ4v) is 2.91. The van der Waals surface area contributed by atoms with Gasteiger partial charge in [0.2, 0.25) is 0 Å². The minimum absolute atomic E-state index is 0.0736. The summed E-state index contributed by atoms with van der Waals surface area (Å²) in [6.07, 6.45) is 2.01. The minimum atomic E-state index is -0.558. The van der Waals surface area contributed by atoms with Crippen LogP contribution in [-0.4, -0.2) is 5.91 Å². The van der Waals surface area contributed by atoms with Crippen molar-refractivity contribution in [2.75, 3.05) is 5.73 Å². The van der Waals surface area contributed by atoms with Crippen LogP contribution in [0.2, 0.25) is 0 Å². The number of amides is 1. The molecule has 27 heavy (non-hydrogen) atoms. The molecule has 0 radical (unpaired) electrons. The minimum Gasteiger partial charge on any atom is -0.456 e. The number of nitrogen functional groups attached to an aromatic ring is 1. The van der Waals surface area contributed by atoms with Gasteiger partial charge in [-0.05, 0) is 53.5 Å². The van der Waals surface area contributed by atoms with Gasteiger partial charge in [0, 0.05) is 11.3 Å². The first-order chi connectivity index (χ1) is 12.5. The number of hydrogen-bond donors (Lipinski definition) is 2. The Morgan fingerprint density at radius 1 is 0.926 bits per heavy atom. The van der Waals surface area contributed by atoms with Gasteiger partial charge in [-0.2, -0.15) is 0 Å². The van der Waals surface area contributed by atoms with Crippen LogP contribution in [0.3, 0.4) is 0 Å². The van der Waals surface area contributed by atoms with Gasteiger partial charge in [-0.1, -0.05) is 53.7 Å². The van der Waals surface area contributed by atoms with Crippen molar-refractivity contribution in [3.8, 4) is 11.5 Å². The lowest BCUT2D eigenvalue weighted by Gasteiger charge is -2.30. The predicted octanol–water partition coefficient (Wildman–Crippen LogP) is 5.54. The first kappa shape index (κ1) is 20.8. The molecule has 0 fully saturated rings. The molecule has 0 saturated heterocycles. The van der Waals surface area contributed by atoms with Crippen LogP contribution >= 0.6 is 0 Å². The van der Waals surface area contributed by atoms with Crippen LogP contribution in [-0.2, 0) is 10.8 Å². The number of rotatable bonds is 7. The molecule has 0 spiro atoms. The third-order valence-electron chi connectivity index (χ3n) is 5.75. The van der Waals surface area contributed by atoms with Crippen molar-refractivity contribution in [1.29, 1.82) is 0 Å². The zero-order valence-electron chi connectivity index (χ0n) is 17.3. The lowest BCUT2D eigenvalue weighted by atomic mass is 9.76. The number of hydrogen-bond acceptors (Lipinski definition) is 3. The Bertz CT molecular complexity index is 838. The summed E-state index contributed by atoms with van der Waals surface area (Å²) in [4.78, 5) is 11.8. The summed E-state index contributed by atoms with van der Waals surface area (Å²) in [5.41, 5.74) is 14.5. The van der Waals surface area contributed by atoms with E-state index in [2.05, 4.69) is 53.7 Å². The van der Waals surface area contributed by atoms with Gasteiger partial charge in [-0.15, -0.1) is 0 Å². The Hall–Kier alpha value is -2.49. The largest absolute Gasteiger partial charge is 0.456 e. The van der Waals surface area contributed by atoms with Gasteiger partial charge in [0.15, 0.2) is 0 Å². The van der Waals surface area contributed by atoms with Crippen LogP contribution in [0.1, 0.15) is 75.9 Å². The second kappa shape index (κ2) is 7.63. The van der Waals surface area contributed by atoms with Crippen molar-refractivity contribution in [1.82, 2.24) is 0 Å². The zero-order valence-corrected chi connectivity index (χ0v) is 17.3. The highest BCUT2D eigenvalue weighted by atomic mass is 16.5. The lowest BCUT2D eigenvalue weighted by molar-refractivity contribution is 0.0998. The van der Waals surface area contributed by atoms with E-state index in [1.165, 1.54) is 5.56 Å². The molecule has 0 unspecified atom stereocenters. The molecular weight excluding hydrogens is 336 g/mol. The van der Waals surface area contributed by atoms with Gasteiger partial charge in [0.05, 0.1) is 5.56 Å². The molecule has 1 amide bonds. The molecule has 4 N–H and O–H groups in total. The summed E-state index contributed by atoms with van der Waals surface area (Å²) in [6, 6.07) is 11.3. The fraction of sp³-hybridized carbons (Fsp3) is 0.435. The number of carbonyl (C=O) groups is 1. The van der Waals surface area contributed by atoms with E-state index in [1.807, 2.05) is 6.07 Å². The summed E-state index contributed by atoms with van der Waals surface area (Å²) < 4.78 is 6.19. The maximum atomic E-state index is 11.8. The number of primary amides is 1. The molecule has 0 aromatic heterocycles. The Balaban J connectivity index is 2.59. The van der Waals surface area contributed by atoms with Gasteiger partial charge < -0.3 is 16.2 Å². The highest BCUT2D eigenvalue weighted by molar-refractivity contribution is 5.96. The summed E-state index contributed by atoms with van der Waals surface area (Å²) in [5.74, 6) is 0.606. The average Bonchev–Trinajstić information content (AvgIpc) is 2.63. The van der Waals surface area contributed by atoms with E-state index in [-0.39, 0.29) is 16.4 Å². The van der Waals surface area contributed by atoms with Gasteiger partial charge in [-0.25, -0.2) is 0 Å². The topological polar surface area (TPSA) is 78.3 Å². The second-order valence-corrected chi connectivity index (χ2v) is 8.41. The van der Waals surface area contributed by atoms with E-state index in [4.69, 9.17) is 16.2 Å². The van der Waals surface area contributed by atoms with Crippen LogP contribution in [0.4, 0.5) is 5.69 Å². The molecule has 146 valence electrons. The van der Waals surface area contributed by atoms with E-state index in [1.54, 1.807) is 18.2 Å². The first-order valence-electron chi connectivity index (χ1n) is 9.54. The lowest BCUT2D eigenvalue weighted by Crippen LogP contribution is -2.21. The molecule has 2 aromatic rings. The van der Waals surface area contributed by atoms with Gasteiger partial charge in [-0.3, -0.25) is 4.79 Å². The molecule has 0 aliphatic heterocycles. The third-order valence-corrected chi connectivity index (χ3v) is 5.75. The van der Waals surface area contributed by atoms with Crippen LogP contribution < -0.4 is 16.2 Å². The van der Waals surface area contributed by atoms with Crippen molar-refractivity contribution in [3.05, 3.63) is 53.1 Å². The third kappa shape index (κ3) is 4.44. The van der Waals surface area contributed by atoms with Gasteiger partial charge in [0.1, 0.15) is 11.5 Å². The highest BCUT2D eigenvalue weighted by Gasteiger charge is 2.27. The van der Waals surface area contributed by atoms with Crippen molar-refractivity contribution in [2.24, 2.45) is 5.73 Å². The summed E-state index contributed by atoms with van der Waals surface area (Å²) >= 11 is 0. The predicted molar refractivity (Wildman–Crippen MR) is 113 cm³/mol. The molecule has 0 aliphatic carbocycles. The molecule has 4 nitrogen and oxygen atoms in total. The fourth-order valence-electron chi connectivity index (χ4n) is 2.91. The molecule has 4 heteroatoms. The maximum Gasteiger partial charge on any atom is 0.252 e. The van der Waals surface area contributed by atoms with E-state index in [0.29, 0.717) is 11.4 Å². The van der Waals surface area contributed by atoms with E-state index >= 15 is 0 Å². The Labute approximate surface area is 162 Å². The standard InChI is InChI=1S/C23H32N2O2/c1-7-22(3,4)15-9-11-20(18(13-15)23(5,6)8-2)27-19-12-10-16(24)14-17(19)21(25)26/h9-14H,7-8,24H2,1-6H3,(H2,25,26). The summed E-state index contributed by atoms with van der Waals surface area (Å²) in [5, 5.41) is 0. The van der Waals surface area contributed by atoms with Crippen LogP contribution in [0.15, 0.2) is 36.4 Å². The van der Waals surface area contributed by atoms with Crippen LogP contribution in [0.5, 0.6) is 11.5 Å². The quantitative estimate of drug-likeness (QED) is 0.630. The summed E-state index contributed by atoms with van der Waals surface area (Å²) in [6.45, 7) is 13.3. The molecule has 0 atom stereocenters. The number of benzene rings is 2. The average molecular weight is 369 g/mol. The molecule has 2 aromatic carbocycles. The van der Waals surface area contributed by atoms with E-state index < -0.39 is 5.91 Å². The maximum absolute atomic E-state index is 11.8. The molecule has 0 aliphatic rings. The Morgan fingerprint density at radius 2 is 1.52 bits per heavy atom. The second-order valence-electron chi connectivity index (χ2n) is 8.41. The van der Waals surface area contributed by atoms with E-state index in [9.17, 15) is 4.79 Å². The van der Waals surface area contributed by atoms with Crippen molar-refractivity contribution >= 4 is 11.6 Å². The SMILES string of the molecule is CCC(C)(C)c1ccc(Oc2ccc(N)cc2C(N)=O)c(C(C)(C)CC)c1.